The van der Waals surface area contributed by atoms with E-state index in [0.717, 1.165) is 35.4 Å². The summed E-state index contributed by atoms with van der Waals surface area (Å²) < 4.78 is 2.19. The van der Waals surface area contributed by atoms with Gasteiger partial charge in [0.05, 0.1) is 12.2 Å². The van der Waals surface area contributed by atoms with Gasteiger partial charge >= 0.3 is 0 Å². The predicted octanol–water partition coefficient (Wildman–Crippen LogP) is 3.37. The zero-order valence-electron chi connectivity index (χ0n) is 11.2. The Balaban J connectivity index is 1.99. The zero-order valence-corrected chi connectivity index (χ0v) is 12.0. The van der Waals surface area contributed by atoms with Crippen molar-refractivity contribution in [2.45, 2.75) is 46.7 Å². The summed E-state index contributed by atoms with van der Waals surface area (Å²) in [4.78, 5) is 8.96. The number of aromatic nitrogens is 3. The van der Waals surface area contributed by atoms with E-state index in [1.54, 1.807) is 11.3 Å². The summed E-state index contributed by atoms with van der Waals surface area (Å²) >= 11 is 1.69. The molecule has 0 atom stereocenters. The van der Waals surface area contributed by atoms with Gasteiger partial charge in [-0.1, -0.05) is 13.3 Å². The lowest BCUT2D eigenvalue weighted by molar-refractivity contribution is 0.634. The van der Waals surface area contributed by atoms with Crippen molar-refractivity contribution in [3.63, 3.8) is 0 Å². The molecule has 0 aromatic carbocycles. The quantitative estimate of drug-likeness (QED) is 0.870. The Kier molecular flexibility index (Phi) is 4.36. The van der Waals surface area contributed by atoms with Crippen molar-refractivity contribution in [3.05, 3.63) is 28.0 Å². The first-order valence-corrected chi connectivity index (χ1v) is 7.25. The molecule has 4 nitrogen and oxygen atoms in total. The fraction of sp³-hybridized carbons (Fsp3) is 0.538. The molecule has 0 radical (unpaired) electrons. The first-order chi connectivity index (χ1) is 8.69. The van der Waals surface area contributed by atoms with Crippen molar-refractivity contribution in [3.8, 4) is 0 Å². The van der Waals surface area contributed by atoms with E-state index in [9.17, 15) is 0 Å². The number of hydrogen-bond donors (Lipinski definition) is 1. The third-order valence-electron chi connectivity index (χ3n) is 2.71. The molecule has 2 aromatic rings. The Hall–Kier alpha value is -1.36. The van der Waals surface area contributed by atoms with E-state index in [1.807, 2.05) is 13.8 Å². The van der Waals surface area contributed by atoms with E-state index < -0.39 is 0 Å². The molecule has 0 bridgehead atoms. The van der Waals surface area contributed by atoms with Crippen molar-refractivity contribution < 1.29 is 0 Å². The highest BCUT2D eigenvalue weighted by atomic mass is 32.1. The fourth-order valence-electron chi connectivity index (χ4n) is 1.83. The monoisotopic (exact) mass is 264 g/mol. The molecular formula is C13H20N4S. The van der Waals surface area contributed by atoms with Crippen LogP contribution in [0.2, 0.25) is 0 Å². The molecule has 2 heterocycles. The van der Waals surface area contributed by atoms with Crippen LogP contribution in [0.15, 0.2) is 11.6 Å². The zero-order chi connectivity index (χ0) is 13.0. The average molecular weight is 264 g/mol. The van der Waals surface area contributed by atoms with E-state index in [-0.39, 0.29) is 0 Å². The molecule has 0 aliphatic carbocycles. The predicted molar refractivity (Wildman–Crippen MR) is 76.0 cm³/mol. The van der Waals surface area contributed by atoms with Gasteiger partial charge in [0.15, 0.2) is 0 Å². The third-order valence-corrected chi connectivity index (χ3v) is 3.68. The van der Waals surface area contributed by atoms with E-state index >= 15 is 0 Å². The number of nitrogens with zero attached hydrogens (tertiary/aromatic N) is 3. The molecule has 0 spiro atoms. The van der Waals surface area contributed by atoms with Crippen molar-refractivity contribution in [2.24, 2.45) is 0 Å². The number of unbranched alkanes of at least 4 members (excludes halogenated alkanes) is 1. The van der Waals surface area contributed by atoms with Gasteiger partial charge in [-0.2, -0.15) is 0 Å². The second-order valence-corrected chi connectivity index (χ2v) is 5.43. The van der Waals surface area contributed by atoms with Gasteiger partial charge in [0, 0.05) is 23.8 Å². The molecule has 2 aromatic heterocycles. The number of anilines is 1. The highest BCUT2D eigenvalue weighted by molar-refractivity contribution is 7.09. The highest BCUT2D eigenvalue weighted by Crippen LogP contribution is 2.14. The fourth-order valence-corrected chi connectivity index (χ4v) is 2.54. The van der Waals surface area contributed by atoms with Crippen LogP contribution in [0.4, 0.5) is 5.95 Å². The van der Waals surface area contributed by atoms with E-state index in [4.69, 9.17) is 0 Å². The van der Waals surface area contributed by atoms with Gasteiger partial charge in [-0.25, -0.2) is 9.97 Å². The number of aryl methyl sites for hydroxylation is 3. The van der Waals surface area contributed by atoms with Crippen LogP contribution in [0.3, 0.4) is 0 Å². The lowest BCUT2D eigenvalue weighted by atomic mass is 10.3. The van der Waals surface area contributed by atoms with Crippen LogP contribution in [0.25, 0.3) is 0 Å². The van der Waals surface area contributed by atoms with Crippen molar-refractivity contribution in [1.82, 2.24) is 14.5 Å². The molecule has 98 valence electrons. The Labute approximate surface area is 112 Å². The second kappa shape index (κ2) is 6.00. The van der Waals surface area contributed by atoms with E-state index in [2.05, 4.69) is 38.4 Å². The minimum atomic E-state index is 0.751. The van der Waals surface area contributed by atoms with Gasteiger partial charge in [-0.15, -0.1) is 11.3 Å². The van der Waals surface area contributed by atoms with Crippen LogP contribution >= 0.6 is 11.3 Å². The maximum Gasteiger partial charge on any atom is 0.203 e. The number of imidazole rings is 1. The SMILES string of the molecule is CCCCn1cc(C)nc1NCc1nc(C)cs1. The largest absolute Gasteiger partial charge is 0.349 e. The number of rotatable bonds is 6. The Morgan fingerprint density at radius 1 is 1.28 bits per heavy atom. The molecule has 18 heavy (non-hydrogen) atoms. The number of nitrogens with one attached hydrogen (secondary N) is 1. The van der Waals surface area contributed by atoms with E-state index in [0.29, 0.717) is 0 Å². The highest BCUT2D eigenvalue weighted by Gasteiger charge is 2.06. The van der Waals surface area contributed by atoms with Crippen LogP contribution in [0.1, 0.15) is 36.2 Å². The lowest BCUT2D eigenvalue weighted by Gasteiger charge is -2.07. The van der Waals surface area contributed by atoms with Crippen LogP contribution in [-0.4, -0.2) is 14.5 Å². The van der Waals surface area contributed by atoms with Gasteiger partial charge < -0.3 is 9.88 Å². The first-order valence-electron chi connectivity index (χ1n) is 6.37. The topological polar surface area (TPSA) is 42.7 Å². The summed E-state index contributed by atoms with van der Waals surface area (Å²) in [7, 11) is 0. The Morgan fingerprint density at radius 3 is 2.78 bits per heavy atom. The minimum absolute atomic E-state index is 0.751. The van der Waals surface area contributed by atoms with Gasteiger partial charge in [0.2, 0.25) is 5.95 Å². The van der Waals surface area contributed by atoms with Gasteiger partial charge in [-0.05, 0) is 20.3 Å². The Bertz CT molecular complexity index is 501. The van der Waals surface area contributed by atoms with Crippen LogP contribution in [0.5, 0.6) is 0 Å². The molecule has 0 aliphatic heterocycles. The molecule has 5 heteroatoms. The summed E-state index contributed by atoms with van der Waals surface area (Å²) in [5, 5.41) is 6.55. The lowest BCUT2D eigenvalue weighted by Crippen LogP contribution is -2.07. The van der Waals surface area contributed by atoms with Crippen LogP contribution in [0, 0.1) is 13.8 Å². The molecule has 1 N–H and O–H groups in total. The molecule has 2 rings (SSSR count). The van der Waals surface area contributed by atoms with Gasteiger partial charge in [0.1, 0.15) is 5.01 Å². The summed E-state index contributed by atoms with van der Waals surface area (Å²) in [5.41, 5.74) is 2.14. The molecule has 0 saturated heterocycles. The van der Waals surface area contributed by atoms with Crippen molar-refractivity contribution in [2.75, 3.05) is 5.32 Å². The normalized spacial score (nSPS) is 10.8. The smallest absolute Gasteiger partial charge is 0.203 e. The number of thiazole rings is 1. The molecule has 0 fully saturated rings. The van der Waals surface area contributed by atoms with Crippen LogP contribution in [-0.2, 0) is 13.1 Å². The number of hydrogen-bond acceptors (Lipinski definition) is 4. The second-order valence-electron chi connectivity index (χ2n) is 4.49. The van der Waals surface area contributed by atoms with Gasteiger partial charge in [0.25, 0.3) is 0 Å². The average Bonchev–Trinajstić information content (AvgIpc) is 2.90. The van der Waals surface area contributed by atoms with Gasteiger partial charge in [-0.3, -0.25) is 0 Å². The Morgan fingerprint density at radius 2 is 2.11 bits per heavy atom. The first kappa shape index (κ1) is 13.1. The van der Waals surface area contributed by atoms with Crippen molar-refractivity contribution >= 4 is 17.3 Å². The third kappa shape index (κ3) is 3.32. The molecule has 0 amide bonds. The summed E-state index contributed by atoms with van der Waals surface area (Å²) in [6.45, 7) is 8.03. The summed E-state index contributed by atoms with van der Waals surface area (Å²) in [5.74, 6) is 0.953. The minimum Gasteiger partial charge on any atom is -0.349 e. The van der Waals surface area contributed by atoms with E-state index in [1.165, 1.54) is 12.8 Å². The molecule has 0 aliphatic rings. The molecule has 0 unspecified atom stereocenters. The van der Waals surface area contributed by atoms with Crippen LogP contribution < -0.4 is 5.32 Å². The molecular weight excluding hydrogens is 244 g/mol. The maximum absolute atomic E-state index is 4.51. The standard InChI is InChI=1S/C13H20N4S/c1-4-5-6-17-8-10(2)16-13(17)14-7-12-15-11(3)9-18-12/h8-9H,4-7H2,1-3H3,(H,14,16). The molecule has 0 saturated carbocycles. The summed E-state index contributed by atoms with van der Waals surface area (Å²) in [6.07, 6.45) is 4.48. The summed E-state index contributed by atoms with van der Waals surface area (Å²) in [6, 6.07) is 0. The maximum atomic E-state index is 4.51. The van der Waals surface area contributed by atoms with Crippen molar-refractivity contribution in [1.29, 1.82) is 0 Å².